The van der Waals surface area contributed by atoms with E-state index in [2.05, 4.69) is 22.2 Å². The zero-order valence-electron chi connectivity index (χ0n) is 17.6. The predicted octanol–water partition coefficient (Wildman–Crippen LogP) is 4.14. The lowest BCUT2D eigenvalue weighted by molar-refractivity contribution is 0.181. The van der Waals surface area contributed by atoms with E-state index >= 15 is 0 Å². The van der Waals surface area contributed by atoms with Gasteiger partial charge in [-0.1, -0.05) is 31.9 Å². The minimum atomic E-state index is -0.317. The fourth-order valence-corrected chi connectivity index (χ4v) is 4.73. The number of hydrogen-bond acceptors (Lipinski definition) is 5. The van der Waals surface area contributed by atoms with E-state index in [0.29, 0.717) is 28.3 Å². The minimum absolute atomic E-state index is 0.141. The first-order chi connectivity index (χ1) is 15.1. The summed E-state index contributed by atoms with van der Waals surface area (Å²) in [5.41, 5.74) is 3.40. The number of fused-ring (bicyclic) bond motifs is 3. The van der Waals surface area contributed by atoms with Crippen LogP contribution in [0.4, 0.5) is 4.39 Å². The highest BCUT2D eigenvalue weighted by atomic mass is 19.1. The zero-order chi connectivity index (χ0) is 21.5. The number of nitrogens with zero attached hydrogens (tertiary/aromatic N) is 5. The monoisotopic (exact) mass is 421 g/mol. The van der Waals surface area contributed by atoms with Crippen LogP contribution in [0, 0.1) is 11.7 Å². The van der Waals surface area contributed by atoms with E-state index in [4.69, 9.17) is 4.74 Å². The number of hydrogen-bond donors (Lipinski definition) is 0. The molecule has 4 aromatic rings. The molecule has 5 rings (SSSR count). The van der Waals surface area contributed by atoms with E-state index < -0.39 is 0 Å². The highest BCUT2D eigenvalue weighted by molar-refractivity contribution is 5.84. The Balaban J connectivity index is 1.71. The number of benzene rings is 1. The second-order valence-electron chi connectivity index (χ2n) is 8.29. The first-order valence-electron chi connectivity index (χ1n) is 10.6. The lowest BCUT2D eigenvalue weighted by Gasteiger charge is -2.30. The van der Waals surface area contributed by atoms with Gasteiger partial charge >= 0.3 is 0 Å². The van der Waals surface area contributed by atoms with Crippen molar-refractivity contribution in [2.75, 3.05) is 7.11 Å². The molecule has 3 aromatic heterocycles. The molecule has 1 aliphatic carbocycles. The quantitative estimate of drug-likeness (QED) is 0.495. The summed E-state index contributed by atoms with van der Waals surface area (Å²) in [6.07, 6.45) is 6.32. The molecule has 0 aliphatic heterocycles. The van der Waals surface area contributed by atoms with Gasteiger partial charge in [-0.15, -0.1) is 10.2 Å². The number of pyridine rings is 1. The predicted molar refractivity (Wildman–Crippen MR) is 115 cm³/mol. The Morgan fingerprint density at radius 1 is 1.13 bits per heavy atom. The van der Waals surface area contributed by atoms with Crippen molar-refractivity contribution in [3.05, 3.63) is 58.4 Å². The van der Waals surface area contributed by atoms with Gasteiger partial charge in [0.2, 0.25) is 0 Å². The summed E-state index contributed by atoms with van der Waals surface area (Å²) in [7, 11) is 1.59. The van der Waals surface area contributed by atoms with Gasteiger partial charge in [0.25, 0.3) is 5.56 Å². The summed E-state index contributed by atoms with van der Waals surface area (Å²) in [5, 5.41) is 13.3. The van der Waals surface area contributed by atoms with Crippen LogP contribution in [-0.2, 0) is 11.3 Å². The fourth-order valence-electron chi connectivity index (χ4n) is 4.73. The van der Waals surface area contributed by atoms with Crippen LogP contribution in [0.3, 0.4) is 0 Å². The van der Waals surface area contributed by atoms with Crippen molar-refractivity contribution in [3.8, 4) is 11.1 Å². The van der Waals surface area contributed by atoms with E-state index in [1.54, 1.807) is 23.8 Å². The van der Waals surface area contributed by atoms with Crippen molar-refractivity contribution < 1.29 is 9.13 Å². The van der Waals surface area contributed by atoms with Crippen LogP contribution in [0.25, 0.3) is 27.8 Å². The van der Waals surface area contributed by atoms with Crippen molar-refractivity contribution in [1.29, 1.82) is 0 Å². The molecule has 0 spiro atoms. The Morgan fingerprint density at radius 3 is 2.65 bits per heavy atom. The average molecular weight is 421 g/mol. The van der Waals surface area contributed by atoms with Crippen molar-refractivity contribution in [3.63, 3.8) is 0 Å². The van der Waals surface area contributed by atoms with E-state index in [-0.39, 0.29) is 24.0 Å². The third-order valence-corrected chi connectivity index (χ3v) is 6.32. The number of rotatable bonds is 4. The Kier molecular flexibility index (Phi) is 5.02. The average Bonchev–Trinajstić information content (AvgIpc) is 3.14. The van der Waals surface area contributed by atoms with Crippen LogP contribution in [0.2, 0.25) is 0 Å². The molecule has 0 radical (unpaired) electrons. The van der Waals surface area contributed by atoms with E-state index in [1.807, 2.05) is 16.8 Å². The largest absolute Gasteiger partial charge is 0.378 e. The maximum Gasteiger partial charge on any atom is 0.280 e. The molecular weight excluding hydrogens is 397 g/mol. The smallest absolute Gasteiger partial charge is 0.280 e. The Hall–Kier alpha value is -3.13. The summed E-state index contributed by atoms with van der Waals surface area (Å²) in [5.74, 6) is 0.131. The van der Waals surface area contributed by atoms with Crippen LogP contribution in [0.5, 0.6) is 0 Å². The summed E-state index contributed by atoms with van der Waals surface area (Å²) >= 11 is 0. The summed E-state index contributed by atoms with van der Waals surface area (Å²) in [4.78, 5) is 13.3. The number of ether oxygens (including phenoxy) is 1. The van der Waals surface area contributed by atoms with E-state index in [1.165, 1.54) is 18.6 Å². The second kappa shape index (κ2) is 7.85. The Labute approximate surface area is 178 Å². The maximum atomic E-state index is 13.5. The highest BCUT2D eigenvalue weighted by Gasteiger charge is 2.25. The fraction of sp³-hybridized carbons (Fsp3) is 0.391. The molecule has 0 unspecified atom stereocenters. The van der Waals surface area contributed by atoms with E-state index in [9.17, 15) is 9.18 Å². The van der Waals surface area contributed by atoms with Gasteiger partial charge in [0, 0.05) is 19.3 Å². The van der Waals surface area contributed by atoms with Gasteiger partial charge in [0.05, 0.1) is 17.9 Å². The molecule has 0 N–H and O–H groups in total. The molecule has 31 heavy (non-hydrogen) atoms. The lowest BCUT2D eigenvalue weighted by atomic mass is 9.85. The molecule has 8 heteroatoms. The van der Waals surface area contributed by atoms with Crippen LogP contribution in [-0.4, -0.2) is 31.5 Å². The van der Waals surface area contributed by atoms with Gasteiger partial charge in [0.1, 0.15) is 11.3 Å². The third-order valence-electron chi connectivity index (χ3n) is 6.32. The molecule has 0 amide bonds. The van der Waals surface area contributed by atoms with Crippen LogP contribution in [0.1, 0.15) is 44.3 Å². The van der Waals surface area contributed by atoms with Gasteiger partial charge in [-0.2, -0.15) is 5.10 Å². The standard InChI is InChI=1S/C23H24FN5O2/c1-14-5-3-4-6-18(14)28-12-11-19-21(23(28)30)25-26-22-20(15-7-9-16(24)10-8-15)17(13-31-2)27-29(19)22/h7-12,14,18H,3-6,13H2,1-2H3/t14-,18-/m0/s1. The number of aromatic nitrogens is 5. The molecule has 2 atom stereocenters. The molecular formula is C23H24FN5O2. The van der Waals surface area contributed by atoms with Gasteiger partial charge in [-0.3, -0.25) is 4.79 Å². The third kappa shape index (κ3) is 3.31. The van der Waals surface area contributed by atoms with Crippen LogP contribution >= 0.6 is 0 Å². The van der Waals surface area contributed by atoms with Crippen LogP contribution < -0.4 is 5.56 Å². The van der Waals surface area contributed by atoms with Gasteiger partial charge in [-0.05, 0) is 42.5 Å². The molecule has 1 aliphatic rings. The Bertz CT molecular complexity index is 1310. The molecule has 160 valence electrons. The van der Waals surface area contributed by atoms with Gasteiger partial charge in [0.15, 0.2) is 11.2 Å². The van der Waals surface area contributed by atoms with Crippen molar-refractivity contribution in [2.45, 2.75) is 45.3 Å². The summed E-state index contributed by atoms with van der Waals surface area (Å²) < 4.78 is 22.2. The van der Waals surface area contributed by atoms with E-state index in [0.717, 1.165) is 30.4 Å². The zero-order valence-corrected chi connectivity index (χ0v) is 17.6. The Morgan fingerprint density at radius 2 is 1.90 bits per heavy atom. The molecule has 1 fully saturated rings. The molecule has 0 saturated heterocycles. The van der Waals surface area contributed by atoms with Crippen molar-refractivity contribution in [2.24, 2.45) is 5.92 Å². The number of halogens is 1. The summed E-state index contributed by atoms with van der Waals surface area (Å²) in [6.45, 7) is 2.46. The topological polar surface area (TPSA) is 74.3 Å². The molecule has 1 aromatic carbocycles. The number of methoxy groups -OCH3 is 1. The van der Waals surface area contributed by atoms with Crippen LogP contribution in [0.15, 0.2) is 41.3 Å². The SMILES string of the molecule is COCc1nn2c(nnc3c(=O)n([C@H]4CCCC[C@@H]4C)ccc32)c1-c1ccc(F)cc1. The molecule has 7 nitrogen and oxygen atoms in total. The van der Waals surface area contributed by atoms with Gasteiger partial charge in [-0.25, -0.2) is 8.91 Å². The van der Waals surface area contributed by atoms with Crippen molar-refractivity contribution >= 4 is 16.7 Å². The van der Waals surface area contributed by atoms with Gasteiger partial charge < -0.3 is 9.30 Å². The second-order valence-corrected chi connectivity index (χ2v) is 8.29. The highest BCUT2D eigenvalue weighted by Crippen LogP contribution is 2.33. The normalized spacial score (nSPS) is 19.3. The van der Waals surface area contributed by atoms with Crippen molar-refractivity contribution in [1.82, 2.24) is 24.4 Å². The molecule has 3 heterocycles. The summed E-state index contributed by atoms with van der Waals surface area (Å²) in [6, 6.07) is 8.22. The molecule has 1 saturated carbocycles. The first kappa shape index (κ1) is 19.8. The lowest BCUT2D eigenvalue weighted by Crippen LogP contribution is -2.31. The first-order valence-corrected chi connectivity index (χ1v) is 10.6. The molecule has 0 bridgehead atoms. The maximum absolute atomic E-state index is 13.5. The minimum Gasteiger partial charge on any atom is -0.378 e.